The Kier molecular flexibility index (Phi) is 7.14. The maximum atomic E-state index is 13.1. The minimum atomic E-state index is -0.589. The quantitative estimate of drug-likeness (QED) is 0.650. The topological polar surface area (TPSA) is 32.3 Å². The second-order valence-corrected chi connectivity index (χ2v) is 7.06. The van der Waals surface area contributed by atoms with Crippen molar-refractivity contribution in [1.82, 2.24) is 5.32 Å². The van der Waals surface area contributed by atoms with E-state index in [1.165, 1.54) is 12.1 Å². The second-order valence-electron chi connectivity index (χ2n) is 5.35. The van der Waals surface area contributed by atoms with Crippen LogP contribution in [0.25, 0.3) is 0 Å². The number of halogens is 4. The first kappa shape index (κ1) is 18.5. The van der Waals surface area contributed by atoms with Gasteiger partial charge in [-0.3, -0.25) is 0 Å². The molecule has 0 heterocycles. The van der Waals surface area contributed by atoms with E-state index in [0.717, 1.165) is 20.6 Å². The summed E-state index contributed by atoms with van der Waals surface area (Å²) >= 11 is 6.86. The van der Waals surface area contributed by atoms with Crippen LogP contribution in [0.2, 0.25) is 0 Å². The van der Waals surface area contributed by atoms with Crippen molar-refractivity contribution in [2.24, 2.45) is 0 Å². The molecule has 0 saturated carbocycles. The third-order valence-corrected chi connectivity index (χ3v) is 5.26. The molecule has 6 heteroatoms. The third kappa shape index (κ3) is 6.30. The summed E-state index contributed by atoms with van der Waals surface area (Å²) in [5.41, 5.74) is 1.65. The van der Waals surface area contributed by atoms with Crippen molar-refractivity contribution >= 4 is 31.9 Å². The molecule has 23 heavy (non-hydrogen) atoms. The van der Waals surface area contributed by atoms with Gasteiger partial charge in [0.2, 0.25) is 0 Å². The van der Waals surface area contributed by atoms with Crippen LogP contribution in [0.15, 0.2) is 45.3 Å². The van der Waals surface area contributed by atoms with E-state index in [-0.39, 0.29) is 0 Å². The zero-order valence-electron chi connectivity index (χ0n) is 12.3. The van der Waals surface area contributed by atoms with E-state index in [4.69, 9.17) is 0 Å². The third-order valence-electron chi connectivity index (χ3n) is 3.38. The van der Waals surface area contributed by atoms with Crippen LogP contribution < -0.4 is 5.32 Å². The molecule has 0 saturated heterocycles. The minimum Gasteiger partial charge on any atom is -0.392 e. The molecule has 0 aliphatic rings. The molecule has 124 valence electrons. The molecule has 0 aliphatic heterocycles. The van der Waals surface area contributed by atoms with Crippen LogP contribution >= 0.6 is 31.9 Å². The summed E-state index contributed by atoms with van der Waals surface area (Å²) in [5.74, 6) is -1.18. The van der Waals surface area contributed by atoms with Gasteiger partial charge >= 0.3 is 0 Å². The highest BCUT2D eigenvalue weighted by Crippen LogP contribution is 2.23. The van der Waals surface area contributed by atoms with Crippen molar-refractivity contribution in [3.8, 4) is 0 Å². The highest BCUT2D eigenvalue weighted by atomic mass is 79.9. The monoisotopic (exact) mass is 447 g/mol. The van der Waals surface area contributed by atoms with E-state index < -0.39 is 17.7 Å². The SMILES string of the molecule is O[C@H](CCc1cc(F)cc(F)c1)CNCc1ccc(Br)c(Br)c1. The molecular weight excluding hydrogens is 432 g/mol. The number of rotatable bonds is 7. The van der Waals surface area contributed by atoms with Gasteiger partial charge in [0.15, 0.2) is 0 Å². The maximum Gasteiger partial charge on any atom is 0.126 e. The van der Waals surface area contributed by atoms with Gasteiger partial charge in [0, 0.05) is 28.1 Å². The molecule has 0 fully saturated rings. The molecular formula is C17H17Br2F2NO. The molecule has 2 rings (SSSR count). The highest BCUT2D eigenvalue weighted by Gasteiger charge is 2.07. The summed E-state index contributed by atoms with van der Waals surface area (Å²) in [4.78, 5) is 0. The molecule has 2 aromatic rings. The first-order chi connectivity index (χ1) is 10.9. The lowest BCUT2D eigenvalue weighted by Gasteiger charge is -2.12. The summed E-state index contributed by atoms with van der Waals surface area (Å²) in [6.07, 6.45) is 0.307. The van der Waals surface area contributed by atoms with Crippen molar-refractivity contribution in [1.29, 1.82) is 0 Å². The Morgan fingerprint density at radius 1 is 0.957 bits per heavy atom. The van der Waals surface area contributed by atoms with Gasteiger partial charge in [-0.1, -0.05) is 6.07 Å². The van der Waals surface area contributed by atoms with Crippen LogP contribution in [0.1, 0.15) is 17.5 Å². The number of aliphatic hydroxyl groups excluding tert-OH is 1. The van der Waals surface area contributed by atoms with Gasteiger partial charge in [-0.25, -0.2) is 8.78 Å². The number of hydrogen-bond donors (Lipinski definition) is 2. The normalized spacial score (nSPS) is 12.4. The molecule has 0 aliphatic carbocycles. The largest absolute Gasteiger partial charge is 0.392 e. The maximum absolute atomic E-state index is 13.1. The Morgan fingerprint density at radius 3 is 2.30 bits per heavy atom. The van der Waals surface area contributed by atoms with Crippen LogP contribution in [0, 0.1) is 11.6 Å². The van der Waals surface area contributed by atoms with Crippen LogP contribution in [-0.2, 0) is 13.0 Å². The van der Waals surface area contributed by atoms with Crippen molar-refractivity contribution in [2.75, 3.05) is 6.54 Å². The smallest absolute Gasteiger partial charge is 0.126 e. The van der Waals surface area contributed by atoms with E-state index in [0.29, 0.717) is 31.5 Å². The van der Waals surface area contributed by atoms with Crippen molar-refractivity contribution in [2.45, 2.75) is 25.5 Å². The van der Waals surface area contributed by atoms with Crippen molar-refractivity contribution in [3.05, 3.63) is 68.1 Å². The average molecular weight is 449 g/mol. The van der Waals surface area contributed by atoms with Crippen molar-refractivity contribution in [3.63, 3.8) is 0 Å². The van der Waals surface area contributed by atoms with E-state index in [2.05, 4.69) is 37.2 Å². The van der Waals surface area contributed by atoms with Gasteiger partial charge in [-0.2, -0.15) is 0 Å². The zero-order chi connectivity index (χ0) is 16.8. The zero-order valence-corrected chi connectivity index (χ0v) is 15.5. The lowest BCUT2D eigenvalue weighted by Crippen LogP contribution is -2.26. The molecule has 0 aromatic heterocycles. The summed E-state index contributed by atoms with van der Waals surface area (Å²) < 4.78 is 28.1. The van der Waals surface area contributed by atoms with Gasteiger partial charge in [-0.05, 0) is 80.1 Å². The van der Waals surface area contributed by atoms with E-state index in [1.54, 1.807) is 0 Å². The Balaban J connectivity index is 1.74. The first-order valence-corrected chi connectivity index (χ1v) is 8.80. The molecule has 0 spiro atoms. The van der Waals surface area contributed by atoms with Gasteiger partial charge in [-0.15, -0.1) is 0 Å². The molecule has 2 aromatic carbocycles. The molecule has 0 amide bonds. The predicted molar refractivity (Wildman–Crippen MR) is 94.2 cm³/mol. The molecule has 2 nitrogen and oxygen atoms in total. The summed E-state index contributed by atoms with van der Waals surface area (Å²) in [5, 5.41) is 13.1. The van der Waals surface area contributed by atoms with Crippen molar-refractivity contribution < 1.29 is 13.9 Å². The summed E-state index contributed by atoms with van der Waals surface area (Å²) in [6.45, 7) is 1.06. The van der Waals surface area contributed by atoms with Crippen LogP contribution in [-0.4, -0.2) is 17.8 Å². The number of aryl methyl sites for hydroxylation is 1. The fourth-order valence-electron chi connectivity index (χ4n) is 2.22. The van der Waals surface area contributed by atoms with Crippen LogP contribution in [0.3, 0.4) is 0 Å². The predicted octanol–water partition coefficient (Wildman–Crippen LogP) is 4.57. The lowest BCUT2D eigenvalue weighted by molar-refractivity contribution is 0.161. The van der Waals surface area contributed by atoms with Gasteiger partial charge in [0.25, 0.3) is 0 Å². The summed E-state index contributed by atoms with van der Waals surface area (Å²) in [6, 6.07) is 9.38. The second kappa shape index (κ2) is 8.87. The molecule has 2 N–H and O–H groups in total. The van der Waals surface area contributed by atoms with Crippen LogP contribution in [0.4, 0.5) is 8.78 Å². The van der Waals surface area contributed by atoms with E-state index in [1.807, 2.05) is 18.2 Å². The number of benzene rings is 2. The Labute approximate surface area is 151 Å². The van der Waals surface area contributed by atoms with E-state index in [9.17, 15) is 13.9 Å². The molecule has 1 atom stereocenters. The average Bonchev–Trinajstić information content (AvgIpc) is 2.48. The Morgan fingerprint density at radius 2 is 1.65 bits per heavy atom. The molecule has 0 bridgehead atoms. The number of aliphatic hydroxyl groups is 1. The standard InChI is InChI=1S/C17H17Br2F2NO/c18-16-4-2-12(7-17(16)19)9-22-10-15(23)3-1-11-5-13(20)8-14(21)6-11/h2,4-8,15,22-23H,1,3,9-10H2/t15-/m1/s1. The number of hydrogen-bond acceptors (Lipinski definition) is 2. The van der Waals surface area contributed by atoms with E-state index >= 15 is 0 Å². The summed E-state index contributed by atoms with van der Waals surface area (Å²) in [7, 11) is 0. The number of nitrogens with one attached hydrogen (secondary N) is 1. The van der Waals surface area contributed by atoms with Gasteiger partial charge < -0.3 is 10.4 Å². The van der Waals surface area contributed by atoms with Gasteiger partial charge in [0.05, 0.1) is 6.10 Å². The molecule has 0 radical (unpaired) electrons. The minimum absolute atomic E-state index is 0.422. The first-order valence-electron chi connectivity index (χ1n) is 7.21. The fourth-order valence-corrected chi connectivity index (χ4v) is 2.90. The highest BCUT2D eigenvalue weighted by molar-refractivity contribution is 9.13. The fraction of sp³-hybridized carbons (Fsp3) is 0.294. The molecule has 0 unspecified atom stereocenters. The Hall–Kier alpha value is -0.820. The lowest BCUT2D eigenvalue weighted by atomic mass is 10.1. The van der Waals surface area contributed by atoms with Gasteiger partial charge in [0.1, 0.15) is 11.6 Å². The Bertz CT molecular complexity index is 647. The van der Waals surface area contributed by atoms with Crippen LogP contribution in [0.5, 0.6) is 0 Å².